The van der Waals surface area contributed by atoms with E-state index < -0.39 is 0 Å². The number of aryl methyl sites for hydroxylation is 1. The Labute approximate surface area is 178 Å². The van der Waals surface area contributed by atoms with Crippen LogP contribution in [0.5, 0.6) is 0 Å². The topological polar surface area (TPSA) is 85.8 Å². The Balaban J connectivity index is 1.84. The predicted octanol–water partition coefficient (Wildman–Crippen LogP) is 2.18. The molecule has 0 atom stereocenters. The van der Waals surface area contributed by atoms with Crippen LogP contribution in [0.25, 0.3) is 0 Å². The van der Waals surface area contributed by atoms with Gasteiger partial charge in [-0.2, -0.15) is 0 Å². The average Bonchev–Trinajstić information content (AvgIpc) is 2.74. The molecule has 3 N–H and O–H groups in total. The maximum absolute atomic E-state index is 12.2. The first-order valence-corrected chi connectivity index (χ1v) is 10.1. The van der Waals surface area contributed by atoms with Crippen molar-refractivity contribution in [3.8, 4) is 0 Å². The van der Waals surface area contributed by atoms with Gasteiger partial charge in [-0.1, -0.05) is 29.8 Å². The van der Waals surface area contributed by atoms with Crippen molar-refractivity contribution in [2.45, 2.75) is 20.4 Å². The van der Waals surface area contributed by atoms with Gasteiger partial charge in [-0.05, 0) is 43.7 Å². The van der Waals surface area contributed by atoms with Gasteiger partial charge in [0.2, 0.25) is 0 Å². The molecule has 2 aromatic rings. The van der Waals surface area contributed by atoms with Crippen molar-refractivity contribution in [2.24, 2.45) is 4.99 Å². The Morgan fingerprint density at radius 2 is 1.63 bits per heavy atom. The number of hydrogen-bond acceptors (Lipinski definition) is 3. The number of carbonyl (C=O) groups excluding carboxylic acids is 2. The summed E-state index contributed by atoms with van der Waals surface area (Å²) < 4.78 is 0. The molecular weight excluding hydrogens is 378 g/mol. The van der Waals surface area contributed by atoms with Crippen molar-refractivity contribution >= 4 is 17.8 Å². The number of guanidine groups is 1. The summed E-state index contributed by atoms with van der Waals surface area (Å²) in [6, 6.07) is 15.0. The van der Waals surface area contributed by atoms with Gasteiger partial charge in [-0.25, -0.2) is 4.99 Å². The van der Waals surface area contributed by atoms with Gasteiger partial charge in [0.05, 0.1) is 6.54 Å². The minimum Gasteiger partial charge on any atom is -0.357 e. The Bertz CT molecular complexity index is 875. The second-order valence-corrected chi connectivity index (χ2v) is 7.14. The molecule has 0 spiro atoms. The summed E-state index contributed by atoms with van der Waals surface area (Å²) >= 11 is 0. The first-order chi connectivity index (χ1) is 14.4. The SMILES string of the molecule is CCNC(=NCc1ccc(C(=O)N(C)C)cc1)NCCNC(=O)c1cccc(C)c1. The highest BCUT2D eigenvalue weighted by molar-refractivity contribution is 5.94. The van der Waals surface area contributed by atoms with Gasteiger partial charge in [0.15, 0.2) is 5.96 Å². The first kappa shape index (κ1) is 22.9. The highest BCUT2D eigenvalue weighted by atomic mass is 16.2. The molecule has 0 aliphatic carbocycles. The lowest BCUT2D eigenvalue weighted by atomic mass is 10.1. The largest absolute Gasteiger partial charge is 0.357 e. The Hall–Kier alpha value is -3.35. The van der Waals surface area contributed by atoms with Crippen molar-refractivity contribution in [3.05, 3.63) is 70.8 Å². The third kappa shape index (κ3) is 7.24. The normalized spacial score (nSPS) is 11.0. The van der Waals surface area contributed by atoms with Crippen LogP contribution in [0.2, 0.25) is 0 Å². The van der Waals surface area contributed by atoms with E-state index in [-0.39, 0.29) is 11.8 Å². The Kier molecular flexibility index (Phi) is 8.87. The van der Waals surface area contributed by atoms with E-state index in [1.807, 2.05) is 56.3 Å². The van der Waals surface area contributed by atoms with Crippen LogP contribution in [0.15, 0.2) is 53.5 Å². The quantitative estimate of drug-likeness (QED) is 0.354. The molecule has 30 heavy (non-hydrogen) atoms. The van der Waals surface area contributed by atoms with E-state index in [0.717, 1.165) is 17.7 Å². The summed E-state index contributed by atoms with van der Waals surface area (Å²) in [4.78, 5) is 30.3. The molecule has 7 heteroatoms. The average molecular weight is 410 g/mol. The number of rotatable bonds is 8. The minimum absolute atomic E-state index is 0.0206. The minimum atomic E-state index is -0.0881. The molecule has 0 aliphatic heterocycles. The molecular formula is C23H31N5O2. The van der Waals surface area contributed by atoms with Gasteiger partial charge in [0.1, 0.15) is 0 Å². The number of hydrogen-bond donors (Lipinski definition) is 3. The lowest BCUT2D eigenvalue weighted by Crippen LogP contribution is -2.41. The summed E-state index contributed by atoms with van der Waals surface area (Å²) in [6.45, 7) is 6.22. The van der Waals surface area contributed by atoms with E-state index in [1.165, 1.54) is 0 Å². The second kappa shape index (κ2) is 11.6. The third-order valence-corrected chi connectivity index (χ3v) is 4.35. The molecule has 2 aromatic carbocycles. The summed E-state index contributed by atoms with van der Waals surface area (Å²) in [5, 5.41) is 9.31. The zero-order chi connectivity index (χ0) is 21.9. The molecule has 7 nitrogen and oxygen atoms in total. The fourth-order valence-electron chi connectivity index (χ4n) is 2.77. The molecule has 0 radical (unpaired) electrons. The van der Waals surface area contributed by atoms with Crippen LogP contribution in [-0.4, -0.2) is 56.4 Å². The number of carbonyl (C=O) groups is 2. The molecule has 0 saturated heterocycles. The molecule has 160 valence electrons. The molecule has 0 heterocycles. The van der Waals surface area contributed by atoms with E-state index in [4.69, 9.17) is 0 Å². The second-order valence-electron chi connectivity index (χ2n) is 7.14. The summed E-state index contributed by atoms with van der Waals surface area (Å²) in [7, 11) is 3.47. The van der Waals surface area contributed by atoms with Crippen LogP contribution in [0, 0.1) is 6.92 Å². The van der Waals surface area contributed by atoms with Crippen LogP contribution in [0.3, 0.4) is 0 Å². The molecule has 0 saturated carbocycles. The fraction of sp³-hybridized carbons (Fsp3) is 0.348. The van der Waals surface area contributed by atoms with Gasteiger partial charge in [-0.15, -0.1) is 0 Å². The van der Waals surface area contributed by atoms with Crippen molar-refractivity contribution in [1.82, 2.24) is 20.9 Å². The van der Waals surface area contributed by atoms with E-state index >= 15 is 0 Å². The van der Waals surface area contributed by atoms with Crippen LogP contribution in [0.4, 0.5) is 0 Å². The first-order valence-electron chi connectivity index (χ1n) is 10.1. The zero-order valence-electron chi connectivity index (χ0n) is 18.2. The van der Waals surface area contributed by atoms with Crippen molar-refractivity contribution in [2.75, 3.05) is 33.7 Å². The molecule has 2 amide bonds. The highest BCUT2D eigenvalue weighted by Gasteiger charge is 2.07. The van der Waals surface area contributed by atoms with Crippen molar-refractivity contribution in [1.29, 1.82) is 0 Å². The zero-order valence-corrected chi connectivity index (χ0v) is 18.2. The number of nitrogens with zero attached hydrogens (tertiary/aromatic N) is 2. The van der Waals surface area contributed by atoms with E-state index in [2.05, 4.69) is 20.9 Å². The number of benzene rings is 2. The molecule has 0 unspecified atom stereocenters. The maximum Gasteiger partial charge on any atom is 0.253 e. The summed E-state index contributed by atoms with van der Waals surface area (Å²) in [6.07, 6.45) is 0. The lowest BCUT2D eigenvalue weighted by molar-refractivity contribution is 0.0827. The summed E-state index contributed by atoms with van der Waals surface area (Å²) in [5.74, 6) is 0.568. The van der Waals surface area contributed by atoms with Crippen LogP contribution >= 0.6 is 0 Å². The van der Waals surface area contributed by atoms with Crippen molar-refractivity contribution in [3.63, 3.8) is 0 Å². The van der Waals surface area contributed by atoms with Gasteiger partial charge in [-0.3, -0.25) is 9.59 Å². The van der Waals surface area contributed by atoms with Gasteiger partial charge in [0, 0.05) is 44.9 Å². The van der Waals surface area contributed by atoms with Gasteiger partial charge in [0.25, 0.3) is 11.8 Å². The molecule has 2 rings (SSSR count). The fourth-order valence-corrected chi connectivity index (χ4v) is 2.77. The number of amides is 2. The maximum atomic E-state index is 12.2. The highest BCUT2D eigenvalue weighted by Crippen LogP contribution is 2.07. The van der Waals surface area contributed by atoms with E-state index in [9.17, 15) is 9.59 Å². The van der Waals surface area contributed by atoms with Gasteiger partial charge < -0.3 is 20.9 Å². The Morgan fingerprint density at radius 1 is 0.933 bits per heavy atom. The monoisotopic (exact) mass is 409 g/mol. The molecule has 0 aliphatic rings. The molecule has 0 bridgehead atoms. The van der Waals surface area contributed by atoms with Crippen LogP contribution in [-0.2, 0) is 6.54 Å². The standard InChI is InChI=1S/C23H31N5O2/c1-5-24-23(26-14-13-25-21(29)20-8-6-7-17(2)15-20)27-16-18-9-11-19(12-10-18)22(30)28(3)4/h6-12,15H,5,13-14,16H2,1-4H3,(H,25,29)(H2,24,26,27). The van der Waals surface area contributed by atoms with E-state index in [1.54, 1.807) is 25.1 Å². The smallest absolute Gasteiger partial charge is 0.253 e. The number of nitrogens with one attached hydrogen (secondary N) is 3. The molecule has 0 fully saturated rings. The summed E-state index contributed by atoms with van der Waals surface area (Å²) in [5.41, 5.74) is 3.38. The number of aliphatic imine (C=N–C) groups is 1. The molecule has 0 aromatic heterocycles. The van der Waals surface area contributed by atoms with E-state index in [0.29, 0.717) is 36.7 Å². The lowest BCUT2D eigenvalue weighted by Gasteiger charge is -2.12. The predicted molar refractivity (Wildman–Crippen MR) is 121 cm³/mol. The van der Waals surface area contributed by atoms with Gasteiger partial charge >= 0.3 is 0 Å². The van der Waals surface area contributed by atoms with Crippen LogP contribution in [0.1, 0.15) is 38.8 Å². The van der Waals surface area contributed by atoms with Crippen molar-refractivity contribution < 1.29 is 9.59 Å². The third-order valence-electron chi connectivity index (χ3n) is 4.35. The Morgan fingerprint density at radius 3 is 2.27 bits per heavy atom. The van der Waals surface area contributed by atoms with Crippen LogP contribution < -0.4 is 16.0 Å².